The molecule has 0 aromatic heterocycles. The third-order valence-electron chi connectivity index (χ3n) is 4.34. The van der Waals surface area contributed by atoms with Crippen molar-refractivity contribution in [3.8, 4) is 0 Å². The molecule has 2 N–H and O–H groups in total. The second kappa shape index (κ2) is 6.70. The van der Waals surface area contributed by atoms with Crippen LogP contribution in [0.2, 0.25) is 0 Å². The second-order valence-corrected chi connectivity index (χ2v) is 6.32. The number of likely N-dealkylation sites (tertiary alicyclic amines) is 1. The standard InChI is InChI=1S/C17H27NO2/c1-12-8-13(2)10-16(9-12)17(20)5-7-18-6-4-15(11-18)14(3)19/h8-10,14-15,17,19-20H,4-7,11H2,1-3H3. The molecule has 3 unspecified atom stereocenters. The zero-order chi connectivity index (χ0) is 14.7. The summed E-state index contributed by atoms with van der Waals surface area (Å²) in [6, 6.07) is 6.27. The molecule has 1 heterocycles. The van der Waals surface area contributed by atoms with E-state index in [0.29, 0.717) is 5.92 Å². The van der Waals surface area contributed by atoms with E-state index in [1.165, 1.54) is 11.1 Å². The topological polar surface area (TPSA) is 43.7 Å². The van der Waals surface area contributed by atoms with Crippen molar-refractivity contribution in [2.75, 3.05) is 19.6 Å². The molecular weight excluding hydrogens is 250 g/mol. The molecule has 3 nitrogen and oxygen atoms in total. The van der Waals surface area contributed by atoms with Crippen molar-refractivity contribution >= 4 is 0 Å². The molecule has 0 bridgehead atoms. The van der Waals surface area contributed by atoms with Gasteiger partial charge in [0.05, 0.1) is 12.2 Å². The van der Waals surface area contributed by atoms with Crippen molar-refractivity contribution in [3.63, 3.8) is 0 Å². The molecular formula is C17H27NO2. The maximum absolute atomic E-state index is 10.3. The van der Waals surface area contributed by atoms with E-state index in [1.54, 1.807) is 0 Å². The third-order valence-corrected chi connectivity index (χ3v) is 4.34. The van der Waals surface area contributed by atoms with Gasteiger partial charge in [0.15, 0.2) is 0 Å². The molecule has 0 radical (unpaired) electrons. The van der Waals surface area contributed by atoms with E-state index in [9.17, 15) is 10.2 Å². The van der Waals surface area contributed by atoms with Crippen LogP contribution in [0.15, 0.2) is 18.2 Å². The minimum absolute atomic E-state index is 0.218. The van der Waals surface area contributed by atoms with E-state index >= 15 is 0 Å². The normalized spacial score (nSPS) is 22.9. The van der Waals surface area contributed by atoms with Crippen molar-refractivity contribution in [1.82, 2.24) is 4.90 Å². The first-order valence-corrected chi connectivity index (χ1v) is 7.62. The Hall–Kier alpha value is -0.900. The van der Waals surface area contributed by atoms with Crippen molar-refractivity contribution < 1.29 is 10.2 Å². The molecule has 1 aliphatic heterocycles. The van der Waals surface area contributed by atoms with Gasteiger partial charge >= 0.3 is 0 Å². The van der Waals surface area contributed by atoms with Crippen LogP contribution >= 0.6 is 0 Å². The number of hydrogen-bond acceptors (Lipinski definition) is 3. The molecule has 0 amide bonds. The van der Waals surface area contributed by atoms with E-state index in [4.69, 9.17) is 0 Å². The van der Waals surface area contributed by atoms with Gasteiger partial charge in [0, 0.05) is 13.1 Å². The lowest BCUT2D eigenvalue weighted by Crippen LogP contribution is -2.26. The van der Waals surface area contributed by atoms with Gasteiger partial charge in [0.2, 0.25) is 0 Å². The Balaban J connectivity index is 1.85. The van der Waals surface area contributed by atoms with Gasteiger partial charge in [-0.15, -0.1) is 0 Å². The Morgan fingerprint density at radius 3 is 2.40 bits per heavy atom. The molecule has 1 aromatic rings. The van der Waals surface area contributed by atoms with Crippen LogP contribution in [0, 0.1) is 19.8 Å². The molecule has 0 aliphatic carbocycles. The molecule has 3 atom stereocenters. The predicted octanol–water partition coefficient (Wildman–Crippen LogP) is 2.43. The third kappa shape index (κ3) is 4.05. The Bertz CT molecular complexity index is 424. The quantitative estimate of drug-likeness (QED) is 0.869. The fourth-order valence-corrected chi connectivity index (χ4v) is 3.13. The van der Waals surface area contributed by atoms with Gasteiger partial charge in [0.25, 0.3) is 0 Å². The van der Waals surface area contributed by atoms with E-state index in [-0.39, 0.29) is 12.2 Å². The number of rotatable bonds is 5. The Morgan fingerprint density at radius 2 is 1.85 bits per heavy atom. The number of aliphatic hydroxyl groups excluding tert-OH is 2. The molecule has 112 valence electrons. The molecule has 20 heavy (non-hydrogen) atoms. The monoisotopic (exact) mass is 277 g/mol. The highest BCUT2D eigenvalue weighted by molar-refractivity contribution is 5.29. The largest absolute Gasteiger partial charge is 0.393 e. The van der Waals surface area contributed by atoms with Gasteiger partial charge in [0.1, 0.15) is 0 Å². The van der Waals surface area contributed by atoms with Crippen LogP contribution in [0.1, 0.15) is 42.6 Å². The Kier molecular flexibility index (Phi) is 5.19. The van der Waals surface area contributed by atoms with Crippen molar-refractivity contribution in [3.05, 3.63) is 34.9 Å². The molecule has 1 aliphatic rings. The summed E-state index contributed by atoms with van der Waals surface area (Å²) in [6.07, 6.45) is 1.22. The molecule has 0 saturated carbocycles. The average molecular weight is 277 g/mol. The summed E-state index contributed by atoms with van der Waals surface area (Å²) in [4.78, 5) is 2.35. The lowest BCUT2D eigenvalue weighted by Gasteiger charge is -2.20. The smallest absolute Gasteiger partial charge is 0.0802 e. The minimum atomic E-state index is -0.390. The zero-order valence-electron chi connectivity index (χ0n) is 12.8. The van der Waals surface area contributed by atoms with E-state index in [0.717, 1.165) is 38.0 Å². The van der Waals surface area contributed by atoms with Gasteiger partial charge in [-0.25, -0.2) is 0 Å². The summed E-state index contributed by atoms with van der Waals surface area (Å²) >= 11 is 0. The summed E-state index contributed by atoms with van der Waals surface area (Å²) in [7, 11) is 0. The van der Waals surface area contributed by atoms with Crippen molar-refractivity contribution in [1.29, 1.82) is 0 Å². The van der Waals surface area contributed by atoms with Crippen molar-refractivity contribution in [2.24, 2.45) is 5.92 Å². The van der Waals surface area contributed by atoms with Gasteiger partial charge in [-0.1, -0.05) is 29.3 Å². The van der Waals surface area contributed by atoms with Gasteiger partial charge in [-0.05, 0) is 51.6 Å². The second-order valence-electron chi connectivity index (χ2n) is 6.32. The maximum Gasteiger partial charge on any atom is 0.0802 e. The zero-order valence-corrected chi connectivity index (χ0v) is 12.8. The summed E-state index contributed by atoms with van der Waals surface area (Å²) in [6.45, 7) is 8.90. The number of aliphatic hydroxyl groups is 2. The number of benzene rings is 1. The summed E-state index contributed by atoms with van der Waals surface area (Å²) in [5.74, 6) is 0.397. The van der Waals surface area contributed by atoms with Crippen LogP contribution in [-0.2, 0) is 0 Å². The molecule has 1 fully saturated rings. The molecule has 3 heteroatoms. The average Bonchev–Trinajstić information content (AvgIpc) is 2.83. The number of aryl methyl sites for hydroxylation is 2. The van der Waals surface area contributed by atoms with Crippen LogP contribution in [0.4, 0.5) is 0 Å². The molecule has 2 rings (SSSR count). The minimum Gasteiger partial charge on any atom is -0.393 e. The van der Waals surface area contributed by atoms with Gasteiger partial charge in [-0.3, -0.25) is 0 Å². The maximum atomic E-state index is 10.3. The molecule has 1 saturated heterocycles. The Labute approximate surface area is 122 Å². The number of hydrogen-bond donors (Lipinski definition) is 2. The number of nitrogens with zero attached hydrogens (tertiary/aromatic N) is 1. The van der Waals surface area contributed by atoms with Gasteiger partial charge < -0.3 is 15.1 Å². The van der Waals surface area contributed by atoms with E-state index in [1.807, 2.05) is 6.92 Å². The first-order valence-electron chi connectivity index (χ1n) is 7.62. The highest BCUT2D eigenvalue weighted by Crippen LogP contribution is 2.23. The predicted molar refractivity (Wildman–Crippen MR) is 81.7 cm³/mol. The highest BCUT2D eigenvalue weighted by Gasteiger charge is 2.26. The van der Waals surface area contributed by atoms with E-state index in [2.05, 4.69) is 36.9 Å². The molecule has 0 spiro atoms. The highest BCUT2D eigenvalue weighted by atomic mass is 16.3. The lowest BCUT2D eigenvalue weighted by atomic mass is 10.0. The fraction of sp³-hybridized carbons (Fsp3) is 0.647. The van der Waals surface area contributed by atoms with E-state index < -0.39 is 0 Å². The van der Waals surface area contributed by atoms with Crippen LogP contribution in [0.5, 0.6) is 0 Å². The fourth-order valence-electron chi connectivity index (χ4n) is 3.13. The molecule has 1 aromatic carbocycles. The first kappa shape index (κ1) is 15.5. The van der Waals surface area contributed by atoms with Crippen molar-refractivity contribution in [2.45, 2.75) is 45.8 Å². The first-order chi connectivity index (χ1) is 9.45. The lowest BCUT2D eigenvalue weighted by molar-refractivity contribution is 0.121. The Morgan fingerprint density at radius 1 is 1.20 bits per heavy atom. The van der Waals surface area contributed by atoms with Crippen LogP contribution < -0.4 is 0 Å². The summed E-state index contributed by atoms with van der Waals surface area (Å²) < 4.78 is 0. The summed E-state index contributed by atoms with van der Waals surface area (Å²) in [5, 5.41) is 19.9. The van der Waals surface area contributed by atoms with Crippen LogP contribution in [0.3, 0.4) is 0 Å². The summed E-state index contributed by atoms with van der Waals surface area (Å²) in [5.41, 5.74) is 3.43. The van der Waals surface area contributed by atoms with Crippen LogP contribution in [-0.4, -0.2) is 40.9 Å². The SMILES string of the molecule is Cc1cc(C)cc(C(O)CCN2CCC(C(C)O)C2)c1. The van der Waals surface area contributed by atoms with Crippen LogP contribution in [0.25, 0.3) is 0 Å². The van der Waals surface area contributed by atoms with Gasteiger partial charge in [-0.2, -0.15) is 0 Å².